The second-order valence-electron chi connectivity index (χ2n) is 4.22. The van der Waals surface area contributed by atoms with Crippen LogP contribution >= 0.6 is 0 Å². The number of carboxylic acid groups (broad SMARTS) is 1. The van der Waals surface area contributed by atoms with Gasteiger partial charge >= 0.3 is 6.09 Å². The number of carbonyl (C=O) groups is 2. The maximum absolute atomic E-state index is 11.5. The molecule has 1 aromatic rings. The highest BCUT2D eigenvalue weighted by Crippen LogP contribution is 2.30. The zero-order valence-corrected chi connectivity index (χ0v) is 10.1. The summed E-state index contributed by atoms with van der Waals surface area (Å²) in [6.45, 7) is 1.93. The molecule has 0 aliphatic carbocycles. The number of hydrogen-bond acceptors (Lipinski definition) is 3. The molecule has 6 heteroatoms. The summed E-state index contributed by atoms with van der Waals surface area (Å²) in [7, 11) is 1.49. The minimum absolute atomic E-state index is 0.203. The van der Waals surface area contributed by atoms with Gasteiger partial charge in [-0.1, -0.05) is 6.07 Å². The summed E-state index contributed by atoms with van der Waals surface area (Å²) in [5, 5.41) is 11.5. The first-order valence-electron chi connectivity index (χ1n) is 5.52. The standard InChI is InChI=1S/C12H14N2O4/c1-7-11(15)13-9-5-8(3-4-10(9)18-7)6-14(2)12(16)17/h3-5,7H,6H2,1-2H3,(H,13,15)(H,16,17). The van der Waals surface area contributed by atoms with Gasteiger partial charge in [0.15, 0.2) is 6.10 Å². The van der Waals surface area contributed by atoms with Crippen molar-refractivity contribution in [1.82, 2.24) is 4.90 Å². The van der Waals surface area contributed by atoms with Crippen LogP contribution in [-0.4, -0.2) is 35.2 Å². The second-order valence-corrected chi connectivity index (χ2v) is 4.22. The third-order valence-electron chi connectivity index (χ3n) is 2.72. The molecule has 18 heavy (non-hydrogen) atoms. The summed E-state index contributed by atoms with van der Waals surface area (Å²) in [4.78, 5) is 23.3. The molecule has 2 rings (SSSR count). The highest BCUT2D eigenvalue weighted by atomic mass is 16.5. The second kappa shape index (κ2) is 4.56. The Balaban J connectivity index is 2.20. The van der Waals surface area contributed by atoms with E-state index in [1.165, 1.54) is 7.05 Å². The summed E-state index contributed by atoms with van der Waals surface area (Å²) in [5.41, 5.74) is 1.37. The molecule has 1 aliphatic heterocycles. The lowest BCUT2D eigenvalue weighted by atomic mass is 10.1. The normalized spacial score (nSPS) is 17.4. The SMILES string of the molecule is CC1Oc2ccc(CN(C)C(=O)O)cc2NC1=O. The molecule has 0 radical (unpaired) electrons. The van der Waals surface area contributed by atoms with Crippen LogP contribution in [0.5, 0.6) is 5.75 Å². The average molecular weight is 250 g/mol. The van der Waals surface area contributed by atoms with Crippen molar-refractivity contribution >= 4 is 17.7 Å². The maximum atomic E-state index is 11.5. The predicted molar refractivity (Wildman–Crippen MR) is 64.7 cm³/mol. The number of benzene rings is 1. The molecule has 1 aliphatic rings. The molecular weight excluding hydrogens is 236 g/mol. The van der Waals surface area contributed by atoms with Gasteiger partial charge in [0.1, 0.15) is 5.75 Å². The molecule has 1 atom stereocenters. The number of amides is 2. The lowest BCUT2D eigenvalue weighted by Crippen LogP contribution is -2.34. The third-order valence-corrected chi connectivity index (χ3v) is 2.72. The monoisotopic (exact) mass is 250 g/mol. The summed E-state index contributed by atoms with van der Waals surface area (Å²) in [6.07, 6.45) is -1.51. The van der Waals surface area contributed by atoms with Gasteiger partial charge < -0.3 is 20.1 Å². The van der Waals surface area contributed by atoms with Crippen LogP contribution in [0.15, 0.2) is 18.2 Å². The molecule has 0 saturated heterocycles. The summed E-state index contributed by atoms with van der Waals surface area (Å²) in [5.74, 6) is 0.398. The Morgan fingerprint density at radius 2 is 2.28 bits per heavy atom. The maximum Gasteiger partial charge on any atom is 0.407 e. The first-order valence-corrected chi connectivity index (χ1v) is 5.52. The molecule has 0 bridgehead atoms. The first kappa shape index (κ1) is 12.2. The number of anilines is 1. The molecule has 0 fully saturated rings. The van der Waals surface area contributed by atoms with Gasteiger partial charge in [-0.15, -0.1) is 0 Å². The van der Waals surface area contributed by atoms with Gasteiger partial charge in [0, 0.05) is 13.6 Å². The van der Waals surface area contributed by atoms with E-state index in [0.717, 1.165) is 10.5 Å². The van der Waals surface area contributed by atoms with Crippen molar-refractivity contribution < 1.29 is 19.4 Å². The fourth-order valence-corrected chi connectivity index (χ4v) is 1.70. The van der Waals surface area contributed by atoms with E-state index in [0.29, 0.717) is 11.4 Å². The Kier molecular flexibility index (Phi) is 3.10. The van der Waals surface area contributed by atoms with Crippen molar-refractivity contribution in [3.05, 3.63) is 23.8 Å². The number of ether oxygens (including phenoxy) is 1. The van der Waals surface area contributed by atoms with Crippen molar-refractivity contribution in [3.63, 3.8) is 0 Å². The van der Waals surface area contributed by atoms with Crippen LogP contribution in [0.2, 0.25) is 0 Å². The van der Waals surface area contributed by atoms with Gasteiger partial charge in [0.25, 0.3) is 5.91 Å². The van der Waals surface area contributed by atoms with Gasteiger partial charge in [-0.2, -0.15) is 0 Å². The fraction of sp³-hybridized carbons (Fsp3) is 0.333. The predicted octanol–water partition coefficient (Wildman–Crippen LogP) is 1.52. The Labute approximate surface area is 104 Å². The molecule has 2 N–H and O–H groups in total. The first-order chi connectivity index (χ1) is 8.47. The van der Waals surface area contributed by atoms with E-state index in [-0.39, 0.29) is 12.5 Å². The summed E-state index contributed by atoms with van der Waals surface area (Å²) in [6, 6.07) is 5.23. The average Bonchev–Trinajstić information content (AvgIpc) is 2.31. The number of nitrogens with one attached hydrogen (secondary N) is 1. The Morgan fingerprint density at radius 3 is 2.94 bits per heavy atom. The number of hydrogen-bond donors (Lipinski definition) is 2. The zero-order chi connectivity index (χ0) is 13.3. The number of carbonyl (C=O) groups excluding carboxylic acids is 1. The molecule has 96 valence electrons. The van der Waals surface area contributed by atoms with Crippen LogP contribution in [0.4, 0.5) is 10.5 Å². The van der Waals surface area contributed by atoms with Gasteiger partial charge in [-0.25, -0.2) is 4.79 Å². The summed E-state index contributed by atoms with van der Waals surface area (Å²) < 4.78 is 5.41. The van der Waals surface area contributed by atoms with Crippen LogP contribution in [0, 0.1) is 0 Å². The minimum Gasteiger partial charge on any atom is -0.479 e. The molecular formula is C12H14N2O4. The van der Waals surface area contributed by atoms with Crippen LogP contribution in [0.1, 0.15) is 12.5 Å². The van der Waals surface area contributed by atoms with E-state index in [1.54, 1.807) is 25.1 Å². The van der Waals surface area contributed by atoms with Crippen molar-refractivity contribution in [2.75, 3.05) is 12.4 Å². The van der Waals surface area contributed by atoms with E-state index in [2.05, 4.69) is 5.32 Å². The molecule has 2 amide bonds. The van der Waals surface area contributed by atoms with Crippen molar-refractivity contribution in [2.24, 2.45) is 0 Å². The smallest absolute Gasteiger partial charge is 0.407 e. The third kappa shape index (κ3) is 2.37. The number of rotatable bonds is 2. The lowest BCUT2D eigenvalue weighted by molar-refractivity contribution is -0.122. The fourth-order valence-electron chi connectivity index (χ4n) is 1.70. The minimum atomic E-state index is -0.998. The molecule has 0 saturated carbocycles. The zero-order valence-electron chi connectivity index (χ0n) is 10.1. The molecule has 1 heterocycles. The van der Waals surface area contributed by atoms with Gasteiger partial charge in [0.05, 0.1) is 5.69 Å². The van der Waals surface area contributed by atoms with E-state index in [4.69, 9.17) is 9.84 Å². The molecule has 1 unspecified atom stereocenters. The Morgan fingerprint density at radius 1 is 1.56 bits per heavy atom. The Bertz CT molecular complexity index is 501. The van der Waals surface area contributed by atoms with E-state index >= 15 is 0 Å². The van der Waals surface area contributed by atoms with Crippen LogP contribution in [0.3, 0.4) is 0 Å². The van der Waals surface area contributed by atoms with Crippen molar-refractivity contribution in [2.45, 2.75) is 19.6 Å². The molecule has 6 nitrogen and oxygen atoms in total. The highest BCUT2D eigenvalue weighted by molar-refractivity contribution is 5.97. The van der Waals surface area contributed by atoms with Gasteiger partial charge in [0.2, 0.25) is 0 Å². The molecule has 0 spiro atoms. The summed E-state index contributed by atoms with van der Waals surface area (Å²) >= 11 is 0. The van der Waals surface area contributed by atoms with Crippen LogP contribution < -0.4 is 10.1 Å². The lowest BCUT2D eigenvalue weighted by Gasteiger charge is -2.24. The number of nitrogens with zero attached hydrogens (tertiary/aromatic N) is 1. The number of fused-ring (bicyclic) bond motifs is 1. The largest absolute Gasteiger partial charge is 0.479 e. The van der Waals surface area contributed by atoms with Crippen LogP contribution in [0.25, 0.3) is 0 Å². The van der Waals surface area contributed by atoms with Gasteiger partial charge in [-0.05, 0) is 24.6 Å². The topological polar surface area (TPSA) is 78.9 Å². The van der Waals surface area contributed by atoms with Crippen molar-refractivity contribution in [3.8, 4) is 5.75 Å². The van der Waals surface area contributed by atoms with Crippen molar-refractivity contribution in [1.29, 1.82) is 0 Å². The Hall–Kier alpha value is -2.24. The molecule has 1 aromatic carbocycles. The van der Waals surface area contributed by atoms with Gasteiger partial charge in [-0.3, -0.25) is 4.79 Å². The van der Waals surface area contributed by atoms with E-state index in [1.807, 2.05) is 0 Å². The van der Waals surface area contributed by atoms with Crippen LogP contribution in [-0.2, 0) is 11.3 Å². The highest BCUT2D eigenvalue weighted by Gasteiger charge is 2.23. The molecule has 0 aromatic heterocycles. The quantitative estimate of drug-likeness (QED) is 0.834. The van der Waals surface area contributed by atoms with E-state index < -0.39 is 12.2 Å². The van der Waals surface area contributed by atoms with E-state index in [9.17, 15) is 9.59 Å².